The van der Waals surface area contributed by atoms with Gasteiger partial charge in [-0.2, -0.15) is 5.10 Å². The van der Waals surface area contributed by atoms with Crippen molar-refractivity contribution in [3.63, 3.8) is 0 Å². The molecular formula is C48H57N5O6S. The Kier molecular flexibility index (Phi) is 13.3. The van der Waals surface area contributed by atoms with Gasteiger partial charge < -0.3 is 33.5 Å². The van der Waals surface area contributed by atoms with Gasteiger partial charge in [0.2, 0.25) is 0 Å². The molecule has 4 aromatic carbocycles. The molecule has 1 unspecified atom stereocenters. The average molecular weight is 832 g/mol. The Labute approximate surface area is 357 Å². The Morgan fingerprint density at radius 3 is 2.42 bits per heavy atom. The van der Waals surface area contributed by atoms with Crippen LogP contribution in [0.3, 0.4) is 0 Å². The SMILES string of the molecule is CSC(C)OC1CCN(c2ccc(OCc3c(-c4cccc5c(CCCOc6cccc7ccccc67)c(C(=O)O)n(CCN6CCOCC6)c45)c(C)nn3C)cc2)CC1. The van der Waals surface area contributed by atoms with Crippen molar-refractivity contribution >= 4 is 45.1 Å². The van der Waals surface area contributed by atoms with Gasteiger partial charge in [0.15, 0.2) is 0 Å². The first kappa shape index (κ1) is 41.7. The fourth-order valence-corrected chi connectivity index (χ4v) is 9.19. The van der Waals surface area contributed by atoms with E-state index in [1.807, 2.05) is 65.7 Å². The van der Waals surface area contributed by atoms with Gasteiger partial charge in [0.25, 0.3) is 0 Å². The van der Waals surface area contributed by atoms with Crippen LogP contribution in [-0.2, 0) is 36.1 Å². The number of piperidine rings is 1. The minimum Gasteiger partial charge on any atom is -0.493 e. The summed E-state index contributed by atoms with van der Waals surface area (Å²) in [6.07, 6.45) is 5.65. The number of aromatic carboxylic acids is 1. The van der Waals surface area contributed by atoms with Crippen molar-refractivity contribution in [1.82, 2.24) is 19.2 Å². The van der Waals surface area contributed by atoms with Crippen LogP contribution in [0.25, 0.3) is 32.8 Å². The number of aryl methyl sites for hydroxylation is 3. The second-order valence-electron chi connectivity index (χ2n) is 15.8. The molecule has 8 rings (SSSR count). The van der Waals surface area contributed by atoms with Crippen molar-refractivity contribution < 1.29 is 28.8 Å². The number of rotatable bonds is 17. The molecule has 2 aliphatic heterocycles. The van der Waals surface area contributed by atoms with Crippen LogP contribution in [0.1, 0.15) is 53.6 Å². The maximum Gasteiger partial charge on any atom is 0.352 e. The zero-order valence-electron chi connectivity index (χ0n) is 35.3. The number of morpholine rings is 1. The molecule has 0 spiro atoms. The van der Waals surface area contributed by atoms with Crippen molar-refractivity contribution in [2.24, 2.45) is 7.05 Å². The number of nitrogens with zero attached hydrogens (tertiary/aromatic N) is 5. The second-order valence-corrected chi connectivity index (χ2v) is 16.9. The van der Waals surface area contributed by atoms with Gasteiger partial charge in [0, 0.05) is 73.9 Å². The molecule has 2 saturated heterocycles. The summed E-state index contributed by atoms with van der Waals surface area (Å²) in [6.45, 7) is 11.1. The van der Waals surface area contributed by atoms with E-state index in [0.717, 1.165) is 100 Å². The predicted molar refractivity (Wildman–Crippen MR) is 241 cm³/mol. The van der Waals surface area contributed by atoms with Crippen molar-refractivity contribution in [2.45, 2.75) is 64.2 Å². The normalized spacial score (nSPS) is 15.8. The van der Waals surface area contributed by atoms with Gasteiger partial charge in [-0.05, 0) is 87.1 Å². The molecule has 1 atom stereocenters. The highest BCUT2D eigenvalue weighted by Gasteiger charge is 2.28. The summed E-state index contributed by atoms with van der Waals surface area (Å²) < 4.78 is 28.6. The molecule has 6 aromatic rings. The number of carboxylic acids is 1. The average Bonchev–Trinajstić information content (AvgIpc) is 3.75. The number of thioether (sulfide) groups is 1. The number of hydrogen-bond acceptors (Lipinski definition) is 9. The molecule has 4 heterocycles. The van der Waals surface area contributed by atoms with Crippen LogP contribution in [0.2, 0.25) is 0 Å². The summed E-state index contributed by atoms with van der Waals surface area (Å²) >= 11 is 1.75. The van der Waals surface area contributed by atoms with Gasteiger partial charge in [-0.1, -0.05) is 54.6 Å². The standard InChI is InChI=1S/C48H57N5O6S/c1-33-45(43(50(3)49-33)32-58-37-19-17-36(18-20-37)52-23-21-38(22-24-52)59-34(2)60-4)42-14-8-13-40-41(15-9-29-57-44-16-7-11-35-10-5-6-12-39(35)44)47(48(54)55)53(46(40)42)26-25-51-27-30-56-31-28-51/h5-8,10-14,16-20,34,38H,9,15,21-32H2,1-4H3,(H,54,55). The lowest BCUT2D eigenvalue weighted by atomic mass is 9.98. The van der Waals surface area contributed by atoms with Gasteiger partial charge in [0.05, 0.1) is 42.8 Å². The summed E-state index contributed by atoms with van der Waals surface area (Å²) in [5, 5.41) is 19.0. The van der Waals surface area contributed by atoms with E-state index in [2.05, 4.69) is 65.4 Å². The van der Waals surface area contributed by atoms with Crippen LogP contribution < -0.4 is 14.4 Å². The molecule has 0 radical (unpaired) electrons. The van der Waals surface area contributed by atoms with Crippen LogP contribution in [-0.4, -0.2) is 101 Å². The number of aromatic nitrogens is 3. The van der Waals surface area contributed by atoms with E-state index >= 15 is 0 Å². The van der Waals surface area contributed by atoms with Gasteiger partial charge >= 0.3 is 5.97 Å². The summed E-state index contributed by atoms with van der Waals surface area (Å²) in [6, 6.07) is 28.9. The Balaban J connectivity index is 1.06. The second kappa shape index (κ2) is 19.1. The Bertz CT molecular complexity index is 2390. The molecule has 12 heteroatoms. The highest BCUT2D eigenvalue weighted by Crippen LogP contribution is 2.39. The minimum absolute atomic E-state index is 0.220. The number of hydrogen-bond donors (Lipinski definition) is 1. The van der Waals surface area contributed by atoms with Crippen LogP contribution in [0.4, 0.5) is 5.69 Å². The molecule has 0 aliphatic carbocycles. The number of carbonyl (C=O) groups is 1. The lowest BCUT2D eigenvalue weighted by Crippen LogP contribution is -2.38. The van der Waals surface area contributed by atoms with Crippen LogP contribution in [0.5, 0.6) is 11.5 Å². The summed E-state index contributed by atoms with van der Waals surface area (Å²) in [5.74, 6) is 0.688. The number of benzene rings is 4. The predicted octanol–water partition coefficient (Wildman–Crippen LogP) is 8.82. The Morgan fingerprint density at radius 2 is 1.65 bits per heavy atom. The van der Waals surface area contributed by atoms with Gasteiger partial charge in [-0.3, -0.25) is 9.58 Å². The molecule has 1 N–H and O–H groups in total. The van der Waals surface area contributed by atoms with E-state index in [1.165, 1.54) is 5.69 Å². The molecule has 316 valence electrons. The molecule has 2 aromatic heterocycles. The Hall–Kier alpha value is -5.01. The van der Waals surface area contributed by atoms with Crippen LogP contribution in [0, 0.1) is 6.92 Å². The quantitative estimate of drug-likeness (QED) is 0.0709. The highest BCUT2D eigenvalue weighted by atomic mass is 32.2. The summed E-state index contributed by atoms with van der Waals surface area (Å²) in [4.78, 5) is 18.1. The highest BCUT2D eigenvalue weighted by molar-refractivity contribution is 7.99. The first-order valence-electron chi connectivity index (χ1n) is 21.3. The third kappa shape index (κ3) is 9.17. The third-order valence-corrected chi connectivity index (χ3v) is 12.8. The van der Waals surface area contributed by atoms with E-state index in [1.54, 1.807) is 11.8 Å². The third-order valence-electron chi connectivity index (χ3n) is 12.1. The molecule has 0 amide bonds. The number of anilines is 1. The van der Waals surface area contributed by atoms with E-state index in [0.29, 0.717) is 64.2 Å². The summed E-state index contributed by atoms with van der Waals surface area (Å²) in [7, 11) is 1.95. The van der Waals surface area contributed by atoms with Gasteiger partial charge in [0.1, 0.15) is 29.2 Å². The molecule has 60 heavy (non-hydrogen) atoms. The first-order chi connectivity index (χ1) is 29.3. The topological polar surface area (TPSA) is 103 Å². The molecule has 0 saturated carbocycles. The van der Waals surface area contributed by atoms with E-state index in [4.69, 9.17) is 24.0 Å². The fourth-order valence-electron chi connectivity index (χ4n) is 8.93. The molecule has 2 aliphatic rings. The smallest absolute Gasteiger partial charge is 0.352 e. The zero-order chi connectivity index (χ0) is 41.6. The minimum atomic E-state index is -0.929. The number of fused-ring (bicyclic) bond motifs is 2. The van der Waals surface area contributed by atoms with E-state index in [9.17, 15) is 9.90 Å². The first-order valence-corrected chi connectivity index (χ1v) is 22.5. The van der Waals surface area contributed by atoms with Gasteiger partial charge in [-0.25, -0.2) is 4.79 Å². The molecule has 0 bridgehead atoms. The van der Waals surface area contributed by atoms with Crippen LogP contribution in [0.15, 0.2) is 84.9 Å². The van der Waals surface area contributed by atoms with E-state index < -0.39 is 5.97 Å². The molecular weight excluding hydrogens is 775 g/mol. The fraction of sp³-hybridized carbons (Fsp3) is 0.417. The Morgan fingerprint density at radius 1 is 0.917 bits per heavy atom. The van der Waals surface area contributed by atoms with Crippen molar-refractivity contribution in [2.75, 3.05) is 63.7 Å². The van der Waals surface area contributed by atoms with E-state index in [-0.39, 0.29) is 5.44 Å². The van der Waals surface area contributed by atoms with Crippen molar-refractivity contribution in [3.8, 4) is 22.6 Å². The molecule has 11 nitrogen and oxygen atoms in total. The monoisotopic (exact) mass is 831 g/mol. The largest absolute Gasteiger partial charge is 0.493 e. The zero-order valence-corrected chi connectivity index (χ0v) is 36.1. The van der Waals surface area contributed by atoms with Crippen molar-refractivity contribution in [3.05, 3.63) is 108 Å². The maximum atomic E-state index is 13.4. The number of ether oxygens (including phenoxy) is 4. The maximum absolute atomic E-state index is 13.4. The lowest BCUT2D eigenvalue weighted by Gasteiger charge is -2.34. The number of carboxylic acid groups (broad SMARTS) is 1. The lowest BCUT2D eigenvalue weighted by molar-refractivity contribution is 0.0285. The van der Waals surface area contributed by atoms with Gasteiger partial charge in [-0.15, -0.1) is 11.8 Å². The van der Waals surface area contributed by atoms with Crippen LogP contribution >= 0.6 is 11.8 Å². The van der Waals surface area contributed by atoms with Crippen molar-refractivity contribution in [1.29, 1.82) is 0 Å². The summed E-state index contributed by atoms with van der Waals surface area (Å²) in [5.41, 5.74) is 7.18. The molecule has 2 fully saturated rings. The number of para-hydroxylation sites is 1.